The first-order valence-corrected chi connectivity index (χ1v) is 9.14. The summed E-state index contributed by atoms with van der Waals surface area (Å²) in [4.78, 5) is 8.57. The van der Waals surface area contributed by atoms with E-state index in [0.717, 1.165) is 17.0 Å². The van der Waals surface area contributed by atoms with Crippen molar-refractivity contribution in [2.24, 2.45) is 0 Å². The predicted octanol–water partition coefficient (Wildman–Crippen LogP) is 4.18. The molecule has 9 nitrogen and oxygen atoms in total. The lowest BCUT2D eigenvalue weighted by Gasteiger charge is -2.07. The van der Waals surface area contributed by atoms with Gasteiger partial charge in [-0.2, -0.15) is 10.1 Å². The predicted molar refractivity (Wildman–Crippen MR) is 109 cm³/mol. The number of hydrogen-bond donors (Lipinski definition) is 3. The van der Waals surface area contributed by atoms with Crippen molar-refractivity contribution in [3.8, 4) is 17.0 Å². The number of H-pyrrole nitrogens is 1. The van der Waals surface area contributed by atoms with Crippen LogP contribution in [0.4, 0.5) is 17.6 Å². The largest absolute Gasteiger partial charge is 0.496 e. The summed E-state index contributed by atoms with van der Waals surface area (Å²) >= 11 is 6.18. The molecule has 29 heavy (non-hydrogen) atoms. The zero-order chi connectivity index (χ0) is 20.2. The molecule has 0 unspecified atom stereocenters. The molecule has 3 heterocycles. The second-order valence-electron chi connectivity index (χ2n) is 6.18. The van der Waals surface area contributed by atoms with Gasteiger partial charge in [-0.3, -0.25) is 5.10 Å². The van der Waals surface area contributed by atoms with Crippen LogP contribution in [0.3, 0.4) is 0 Å². The Bertz CT molecular complexity index is 1130. The monoisotopic (exact) mass is 411 g/mol. The van der Waals surface area contributed by atoms with Gasteiger partial charge in [-0.25, -0.2) is 4.98 Å². The molecule has 0 aliphatic rings. The molecule has 3 N–H and O–H groups in total. The first kappa shape index (κ1) is 18.8. The number of aromatic amines is 1. The zero-order valence-corrected chi connectivity index (χ0v) is 16.5. The highest BCUT2D eigenvalue weighted by atomic mass is 35.5. The maximum absolute atomic E-state index is 6.18. The lowest BCUT2D eigenvalue weighted by molar-refractivity contribution is 0.388. The van der Waals surface area contributed by atoms with Crippen LogP contribution < -0.4 is 15.4 Å². The molecule has 0 aliphatic heterocycles. The summed E-state index contributed by atoms with van der Waals surface area (Å²) in [5, 5.41) is 17.6. The number of methoxy groups -OCH3 is 1. The van der Waals surface area contributed by atoms with Gasteiger partial charge in [0.15, 0.2) is 17.4 Å². The Morgan fingerprint density at radius 3 is 2.90 bits per heavy atom. The number of ether oxygens (including phenoxy) is 1. The molecule has 0 saturated carbocycles. The van der Waals surface area contributed by atoms with Gasteiger partial charge in [0.25, 0.3) is 0 Å². The normalized spacial score (nSPS) is 10.7. The summed E-state index contributed by atoms with van der Waals surface area (Å²) in [7, 11) is 1.62. The van der Waals surface area contributed by atoms with Crippen molar-refractivity contribution >= 4 is 29.2 Å². The number of anilines is 3. The Hall–Kier alpha value is -3.59. The van der Waals surface area contributed by atoms with Gasteiger partial charge in [-0.15, -0.1) is 0 Å². The van der Waals surface area contributed by atoms with E-state index in [1.165, 1.54) is 6.20 Å². The van der Waals surface area contributed by atoms with Crippen LogP contribution in [0.1, 0.15) is 11.5 Å². The van der Waals surface area contributed by atoms with Gasteiger partial charge in [-0.1, -0.05) is 28.9 Å². The number of para-hydroxylation sites is 1. The second kappa shape index (κ2) is 8.19. The molecule has 0 radical (unpaired) electrons. The van der Waals surface area contributed by atoms with E-state index in [1.54, 1.807) is 7.11 Å². The smallest absolute Gasteiger partial charge is 0.225 e. The van der Waals surface area contributed by atoms with E-state index in [4.69, 9.17) is 20.9 Å². The molecule has 0 amide bonds. The molecule has 1 aromatic carbocycles. The minimum atomic E-state index is 0.352. The molecule has 4 rings (SSSR count). The molecule has 10 heteroatoms. The molecule has 0 spiro atoms. The molecule has 0 saturated heterocycles. The third-order valence-electron chi connectivity index (χ3n) is 4.06. The molecular formula is C19H18ClN7O2. The third-order valence-corrected chi connectivity index (χ3v) is 4.34. The lowest BCUT2D eigenvalue weighted by atomic mass is 10.1. The van der Waals surface area contributed by atoms with Crippen LogP contribution in [0, 0.1) is 6.92 Å². The van der Waals surface area contributed by atoms with Crippen molar-refractivity contribution in [3.63, 3.8) is 0 Å². The van der Waals surface area contributed by atoms with Gasteiger partial charge in [-0.05, 0) is 19.1 Å². The second-order valence-corrected chi connectivity index (χ2v) is 6.59. The minimum absolute atomic E-state index is 0.352. The van der Waals surface area contributed by atoms with Gasteiger partial charge in [0.1, 0.15) is 16.5 Å². The fourth-order valence-corrected chi connectivity index (χ4v) is 2.83. The lowest BCUT2D eigenvalue weighted by Crippen LogP contribution is -2.05. The summed E-state index contributed by atoms with van der Waals surface area (Å²) in [6.45, 7) is 2.26. The van der Waals surface area contributed by atoms with Gasteiger partial charge in [0.05, 0.1) is 19.9 Å². The highest BCUT2D eigenvalue weighted by Crippen LogP contribution is 2.29. The number of hydrogen-bond acceptors (Lipinski definition) is 8. The first-order chi connectivity index (χ1) is 14.1. The van der Waals surface area contributed by atoms with E-state index in [9.17, 15) is 0 Å². The molecule has 148 valence electrons. The summed E-state index contributed by atoms with van der Waals surface area (Å²) < 4.78 is 10.8. The standard InChI is InChI=1S/C19H18ClN7O2/c1-11-7-17(26-25-11)23-18-14(20)10-22-19(24-18)21-9-12-8-15(27-29-12)13-5-3-4-6-16(13)28-2/h3-8,10H,9H2,1-2H3,(H3,21,22,23,24,25,26). The fourth-order valence-electron chi connectivity index (χ4n) is 2.69. The van der Waals surface area contributed by atoms with E-state index in [2.05, 4.69) is 36.0 Å². The molecular weight excluding hydrogens is 394 g/mol. The van der Waals surface area contributed by atoms with E-state index >= 15 is 0 Å². The summed E-state index contributed by atoms with van der Waals surface area (Å²) in [6.07, 6.45) is 1.51. The maximum Gasteiger partial charge on any atom is 0.225 e. The van der Waals surface area contributed by atoms with Crippen LogP contribution in [0.15, 0.2) is 47.1 Å². The van der Waals surface area contributed by atoms with Gasteiger partial charge in [0, 0.05) is 23.4 Å². The van der Waals surface area contributed by atoms with Crippen LogP contribution in [0.2, 0.25) is 5.02 Å². The van der Waals surface area contributed by atoms with E-state index in [0.29, 0.717) is 40.6 Å². The van der Waals surface area contributed by atoms with E-state index in [1.807, 2.05) is 43.3 Å². The Kier molecular flexibility index (Phi) is 5.30. The van der Waals surface area contributed by atoms with Crippen molar-refractivity contribution in [1.29, 1.82) is 0 Å². The number of rotatable bonds is 7. The SMILES string of the molecule is COc1ccccc1-c1cc(CNc2ncc(Cl)c(Nc3cc(C)[nH]n3)n2)on1. The number of halogens is 1. The molecule has 0 bridgehead atoms. The highest BCUT2D eigenvalue weighted by Gasteiger charge is 2.12. The first-order valence-electron chi connectivity index (χ1n) is 8.77. The Balaban J connectivity index is 1.46. The molecule has 3 aromatic heterocycles. The average Bonchev–Trinajstić information content (AvgIpc) is 3.37. The molecule has 0 fully saturated rings. The quantitative estimate of drug-likeness (QED) is 0.415. The van der Waals surface area contributed by atoms with Gasteiger partial charge in [0.2, 0.25) is 5.95 Å². The van der Waals surface area contributed by atoms with Crippen LogP contribution in [0.25, 0.3) is 11.3 Å². The van der Waals surface area contributed by atoms with Crippen molar-refractivity contribution in [3.05, 3.63) is 59.1 Å². The Labute approximate surface area is 171 Å². The van der Waals surface area contributed by atoms with Crippen molar-refractivity contribution in [1.82, 2.24) is 25.3 Å². The minimum Gasteiger partial charge on any atom is -0.496 e. The van der Waals surface area contributed by atoms with Crippen LogP contribution in [-0.2, 0) is 6.54 Å². The van der Waals surface area contributed by atoms with Crippen molar-refractivity contribution in [2.75, 3.05) is 17.7 Å². The fraction of sp³-hybridized carbons (Fsp3) is 0.158. The van der Waals surface area contributed by atoms with Gasteiger partial charge < -0.3 is 19.9 Å². The van der Waals surface area contributed by atoms with E-state index < -0.39 is 0 Å². The average molecular weight is 412 g/mol. The van der Waals surface area contributed by atoms with Crippen LogP contribution in [0.5, 0.6) is 5.75 Å². The highest BCUT2D eigenvalue weighted by molar-refractivity contribution is 6.32. The number of aromatic nitrogens is 5. The van der Waals surface area contributed by atoms with Crippen molar-refractivity contribution < 1.29 is 9.26 Å². The van der Waals surface area contributed by atoms with Crippen molar-refractivity contribution in [2.45, 2.75) is 13.5 Å². The summed E-state index contributed by atoms with van der Waals surface area (Å²) in [5.74, 6) is 2.81. The number of nitrogens with zero attached hydrogens (tertiary/aromatic N) is 4. The topological polar surface area (TPSA) is 114 Å². The van der Waals surface area contributed by atoms with Gasteiger partial charge >= 0.3 is 0 Å². The molecule has 4 aromatic rings. The molecule has 0 aliphatic carbocycles. The zero-order valence-electron chi connectivity index (χ0n) is 15.7. The number of nitrogens with one attached hydrogen (secondary N) is 3. The number of benzene rings is 1. The number of aryl methyl sites for hydroxylation is 1. The summed E-state index contributed by atoms with van der Waals surface area (Å²) in [5.41, 5.74) is 2.47. The summed E-state index contributed by atoms with van der Waals surface area (Å²) in [6, 6.07) is 11.3. The van der Waals surface area contributed by atoms with E-state index in [-0.39, 0.29) is 0 Å². The third kappa shape index (κ3) is 4.30. The van der Waals surface area contributed by atoms with Crippen LogP contribution >= 0.6 is 11.6 Å². The Morgan fingerprint density at radius 2 is 2.10 bits per heavy atom. The van der Waals surface area contributed by atoms with Crippen LogP contribution in [-0.4, -0.2) is 32.4 Å². The molecule has 0 atom stereocenters. The maximum atomic E-state index is 6.18. The Morgan fingerprint density at radius 1 is 1.24 bits per heavy atom.